The topological polar surface area (TPSA) is 88.4 Å². The molecule has 0 amide bonds. The predicted octanol–water partition coefficient (Wildman–Crippen LogP) is 1.61. The van der Waals surface area contributed by atoms with Crippen LogP contribution in [0.2, 0.25) is 0 Å². The molecule has 0 atom stereocenters. The summed E-state index contributed by atoms with van der Waals surface area (Å²) in [6, 6.07) is 0. The third kappa shape index (κ3) is 42.7. The van der Waals surface area contributed by atoms with E-state index < -0.39 is 0 Å². The Morgan fingerprint density at radius 3 is 1.36 bits per heavy atom. The average molecular weight is 326 g/mol. The SMILES string of the molecule is CCCCOCCCC.CCOCCOCCO.OCCO. The minimum Gasteiger partial charge on any atom is -0.394 e. The van der Waals surface area contributed by atoms with Crippen molar-refractivity contribution in [3.05, 3.63) is 0 Å². The molecular weight excluding hydrogens is 288 g/mol. The van der Waals surface area contributed by atoms with Gasteiger partial charge in [0.25, 0.3) is 0 Å². The molecule has 6 nitrogen and oxygen atoms in total. The molecule has 3 N–H and O–H groups in total. The van der Waals surface area contributed by atoms with Gasteiger partial charge in [0.2, 0.25) is 0 Å². The maximum atomic E-state index is 8.26. The van der Waals surface area contributed by atoms with Crippen molar-refractivity contribution in [1.82, 2.24) is 0 Å². The van der Waals surface area contributed by atoms with Gasteiger partial charge in [-0.1, -0.05) is 26.7 Å². The monoisotopic (exact) mass is 326 g/mol. The highest BCUT2D eigenvalue weighted by Crippen LogP contribution is 1.91. The van der Waals surface area contributed by atoms with Gasteiger partial charge in [-0.25, -0.2) is 0 Å². The summed E-state index contributed by atoms with van der Waals surface area (Å²) < 4.78 is 15.2. The number of ether oxygens (including phenoxy) is 3. The van der Waals surface area contributed by atoms with E-state index in [-0.39, 0.29) is 19.8 Å². The fourth-order valence-corrected chi connectivity index (χ4v) is 1.02. The van der Waals surface area contributed by atoms with Gasteiger partial charge in [-0.2, -0.15) is 0 Å². The van der Waals surface area contributed by atoms with Crippen LogP contribution in [0.25, 0.3) is 0 Å². The molecule has 0 aromatic rings. The van der Waals surface area contributed by atoms with Gasteiger partial charge < -0.3 is 29.5 Å². The zero-order chi connectivity index (χ0) is 17.3. The highest BCUT2D eigenvalue weighted by Gasteiger charge is 1.85. The zero-order valence-corrected chi connectivity index (χ0v) is 14.8. The fourth-order valence-electron chi connectivity index (χ4n) is 1.02. The van der Waals surface area contributed by atoms with E-state index in [0.29, 0.717) is 19.8 Å². The van der Waals surface area contributed by atoms with Gasteiger partial charge in [0.1, 0.15) is 0 Å². The number of rotatable bonds is 13. The summed E-state index contributed by atoms with van der Waals surface area (Å²) in [6.45, 7) is 10.4. The van der Waals surface area contributed by atoms with Crippen molar-refractivity contribution in [3.63, 3.8) is 0 Å². The summed E-state index contributed by atoms with van der Waals surface area (Å²) in [5, 5.41) is 23.5. The second kappa shape index (κ2) is 32.6. The molecule has 0 aromatic heterocycles. The quantitative estimate of drug-likeness (QED) is 0.446. The van der Waals surface area contributed by atoms with Crippen LogP contribution in [0, 0.1) is 0 Å². The van der Waals surface area contributed by atoms with Crippen molar-refractivity contribution < 1.29 is 29.5 Å². The summed E-state index contributed by atoms with van der Waals surface area (Å²) in [7, 11) is 0. The van der Waals surface area contributed by atoms with Crippen LogP contribution < -0.4 is 0 Å². The van der Waals surface area contributed by atoms with E-state index in [4.69, 9.17) is 29.5 Å². The number of aliphatic hydroxyl groups excluding tert-OH is 3. The summed E-state index contributed by atoms with van der Waals surface area (Å²) >= 11 is 0. The van der Waals surface area contributed by atoms with E-state index >= 15 is 0 Å². The zero-order valence-electron chi connectivity index (χ0n) is 14.8. The first-order chi connectivity index (χ1) is 10.7. The Labute approximate surface area is 136 Å². The standard InChI is InChI=1S/C8H18O.C6H14O3.C2H6O2/c1-3-5-7-9-8-6-4-2;1-2-8-5-6-9-4-3-7;3-1-2-4/h3-8H2,1-2H3;7H,2-6H2,1H3;3-4H,1-2H2. The van der Waals surface area contributed by atoms with Crippen molar-refractivity contribution in [3.8, 4) is 0 Å². The number of aliphatic hydroxyl groups is 3. The van der Waals surface area contributed by atoms with Crippen molar-refractivity contribution >= 4 is 0 Å². The van der Waals surface area contributed by atoms with E-state index in [2.05, 4.69) is 13.8 Å². The van der Waals surface area contributed by atoms with Crippen LogP contribution >= 0.6 is 0 Å². The third-order valence-electron chi connectivity index (χ3n) is 2.20. The maximum absolute atomic E-state index is 8.26. The Hall–Kier alpha value is -0.240. The first kappa shape index (κ1) is 26.6. The fraction of sp³-hybridized carbons (Fsp3) is 1.00. The minimum absolute atomic E-state index is 0.0894. The molecule has 138 valence electrons. The van der Waals surface area contributed by atoms with Gasteiger partial charge >= 0.3 is 0 Å². The summed E-state index contributed by atoms with van der Waals surface area (Å²) in [6.07, 6.45) is 4.91. The Kier molecular flexibility index (Phi) is 39.5. The van der Waals surface area contributed by atoms with Crippen LogP contribution in [0.15, 0.2) is 0 Å². The molecule has 22 heavy (non-hydrogen) atoms. The second-order valence-corrected chi connectivity index (χ2v) is 4.30. The molecule has 0 saturated carbocycles. The molecule has 0 unspecified atom stereocenters. The highest BCUT2D eigenvalue weighted by atomic mass is 16.5. The van der Waals surface area contributed by atoms with Gasteiger partial charge in [-0.15, -0.1) is 0 Å². The van der Waals surface area contributed by atoms with Crippen LogP contribution in [0.3, 0.4) is 0 Å². The largest absolute Gasteiger partial charge is 0.394 e. The first-order valence-corrected chi connectivity index (χ1v) is 8.30. The Bertz CT molecular complexity index is 119. The lowest BCUT2D eigenvalue weighted by molar-refractivity contribution is 0.0370. The molecule has 0 aromatic carbocycles. The second-order valence-electron chi connectivity index (χ2n) is 4.30. The Morgan fingerprint density at radius 2 is 1.00 bits per heavy atom. The first-order valence-electron chi connectivity index (χ1n) is 8.30. The lowest BCUT2D eigenvalue weighted by Gasteiger charge is -2.00. The molecule has 0 heterocycles. The van der Waals surface area contributed by atoms with Crippen molar-refractivity contribution in [2.75, 3.05) is 59.5 Å². The summed E-state index contributed by atoms with van der Waals surface area (Å²) in [5.74, 6) is 0. The van der Waals surface area contributed by atoms with Crippen molar-refractivity contribution in [1.29, 1.82) is 0 Å². The Morgan fingerprint density at radius 1 is 0.545 bits per heavy atom. The lowest BCUT2D eigenvalue weighted by atomic mass is 10.3. The van der Waals surface area contributed by atoms with Gasteiger partial charge in [0.05, 0.1) is 39.6 Å². The van der Waals surface area contributed by atoms with Gasteiger partial charge in [0.15, 0.2) is 0 Å². The predicted molar refractivity (Wildman–Crippen MR) is 89.2 cm³/mol. The van der Waals surface area contributed by atoms with E-state index in [9.17, 15) is 0 Å². The van der Waals surface area contributed by atoms with E-state index in [1.807, 2.05) is 6.92 Å². The van der Waals surface area contributed by atoms with Crippen molar-refractivity contribution in [2.24, 2.45) is 0 Å². The number of unbranched alkanes of at least 4 members (excludes halogenated alkanes) is 2. The molecule has 0 radical (unpaired) electrons. The normalized spacial score (nSPS) is 9.55. The summed E-state index contributed by atoms with van der Waals surface area (Å²) in [4.78, 5) is 0. The minimum atomic E-state index is -0.125. The van der Waals surface area contributed by atoms with E-state index in [1.54, 1.807) is 0 Å². The number of hydrogen-bond acceptors (Lipinski definition) is 6. The van der Waals surface area contributed by atoms with E-state index in [1.165, 1.54) is 25.7 Å². The molecule has 0 saturated heterocycles. The van der Waals surface area contributed by atoms with Crippen LogP contribution in [0.5, 0.6) is 0 Å². The molecule has 6 heteroatoms. The van der Waals surface area contributed by atoms with E-state index in [0.717, 1.165) is 19.8 Å². The maximum Gasteiger partial charge on any atom is 0.0701 e. The number of hydrogen-bond donors (Lipinski definition) is 3. The molecule has 0 bridgehead atoms. The molecule has 0 fully saturated rings. The van der Waals surface area contributed by atoms with Gasteiger partial charge in [0, 0.05) is 19.8 Å². The molecule has 0 aliphatic carbocycles. The van der Waals surface area contributed by atoms with Crippen LogP contribution in [-0.4, -0.2) is 74.8 Å². The van der Waals surface area contributed by atoms with Crippen LogP contribution in [0.4, 0.5) is 0 Å². The molecule has 0 aliphatic rings. The van der Waals surface area contributed by atoms with Crippen molar-refractivity contribution in [2.45, 2.75) is 46.5 Å². The molecular formula is C16H38O6. The van der Waals surface area contributed by atoms with Crippen LogP contribution in [-0.2, 0) is 14.2 Å². The smallest absolute Gasteiger partial charge is 0.0701 e. The lowest BCUT2D eigenvalue weighted by Crippen LogP contribution is -2.06. The average Bonchev–Trinajstić information content (AvgIpc) is 2.55. The van der Waals surface area contributed by atoms with Gasteiger partial charge in [-0.05, 0) is 19.8 Å². The Balaban J connectivity index is -0.000000266. The molecule has 0 rings (SSSR count). The highest BCUT2D eigenvalue weighted by molar-refractivity contribution is 4.34. The van der Waals surface area contributed by atoms with Gasteiger partial charge in [-0.3, -0.25) is 0 Å². The summed E-state index contributed by atoms with van der Waals surface area (Å²) in [5.41, 5.74) is 0. The third-order valence-corrected chi connectivity index (χ3v) is 2.20. The van der Waals surface area contributed by atoms with Crippen LogP contribution in [0.1, 0.15) is 46.5 Å². The molecule has 0 spiro atoms. The molecule has 0 aliphatic heterocycles.